The molecule has 0 spiro atoms. The van der Waals surface area contributed by atoms with Crippen LogP contribution in [0.1, 0.15) is 43.9 Å². The van der Waals surface area contributed by atoms with Gasteiger partial charge in [-0.2, -0.15) is 0 Å². The minimum absolute atomic E-state index is 0.0303. The molecule has 0 aromatic carbocycles. The van der Waals surface area contributed by atoms with Gasteiger partial charge >= 0.3 is 0 Å². The Bertz CT molecular complexity index is 686. The maximum Gasteiger partial charge on any atom is 0.140 e. The Morgan fingerprint density at radius 3 is 2.91 bits per heavy atom. The van der Waals surface area contributed by atoms with Crippen LogP contribution in [-0.4, -0.2) is 16.2 Å². The van der Waals surface area contributed by atoms with Crippen LogP contribution in [0.3, 0.4) is 0 Å². The number of hydrogen-bond acceptors (Lipinski definition) is 4. The molecule has 1 saturated carbocycles. The Morgan fingerprint density at radius 2 is 2.22 bits per heavy atom. The molecule has 2 atom stereocenters. The summed E-state index contributed by atoms with van der Waals surface area (Å²) in [5.41, 5.74) is 2.55. The van der Waals surface area contributed by atoms with Crippen molar-refractivity contribution in [1.29, 1.82) is 0 Å². The number of rotatable bonds is 4. The Kier molecular flexibility index (Phi) is 5.24. The fourth-order valence-electron chi connectivity index (χ4n) is 3.19. The number of aliphatic hydroxyl groups excluding tert-OH is 1. The van der Waals surface area contributed by atoms with Gasteiger partial charge in [-0.05, 0) is 55.9 Å². The summed E-state index contributed by atoms with van der Waals surface area (Å²) in [6.07, 6.45) is 5.09. The smallest absolute Gasteiger partial charge is 0.140 e. The molecule has 2 aromatic heterocycles. The highest BCUT2D eigenvalue weighted by molar-refractivity contribution is 7.19. The molecule has 5 heteroatoms. The highest BCUT2D eigenvalue weighted by Crippen LogP contribution is 2.36. The molecule has 0 unspecified atom stereocenters. The van der Waals surface area contributed by atoms with E-state index in [-0.39, 0.29) is 6.61 Å². The van der Waals surface area contributed by atoms with E-state index in [0.717, 1.165) is 46.3 Å². The lowest BCUT2D eigenvalue weighted by atomic mass is 9.89. The van der Waals surface area contributed by atoms with Gasteiger partial charge in [-0.1, -0.05) is 24.9 Å². The first-order chi connectivity index (χ1) is 11.1. The van der Waals surface area contributed by atoms with Gasteiger partial charge in [0.1, 0.15) is 5.75 Å². The third-order valence-electron chi connectivity index (χ3n) is 4.40. The van der Waals surface area contributed by atoms with Gasteiger partial charge in [0.2, 0.25) is 0 Å². The largest absolute Gasteiger partial charge is 0.489 e. The van der Waals surface area contributed by atoms with Crippen molar-refractivity contribution in [2.75, 3.05) is 0 Å². The lowest BCUT2D eigenvalue weighted by Gasteiger charge is -2.27. The summed E-state index contributed by atoms with van der Waals surface area (Å²) in [6, 6.07) is 5.74. The average Bonchev–Trinajstić information content (AvgIpc) is 2.90. The molecule has 2 aromatic rings. The van der Waals surface area contributed by atoms with E-state index >= 15 is 0 Å². The molecule has 0 radical (unpaired) electrons. The van der Waals surface area contributed by atoms with Crippen LogP contribution in [-0.2, 0) is 6.61 Å². The molecule has 0 aliphatic heterocycles. The monoisotopic (exact) mass is 351 g/mol. The Morgan fingerprint density at radius 1 is 1.39 bits per heavy atom. The van der Waals surface area contributed by atoms with Gasteiger partial charge in [-0.25, -0.2) is 4.98 Å². The number of pyridine rings is 1. The van der Waals surface area contributed by atoms with Crippen LogP contribution in [0.2, 0.25) is 4.34 Å². The van der Waals surface area contributed by atoms with Gasteiger partial charge in [0.25, 0.3) is 0 Å². The molecule has 1 fully saturated rings. The molecule has 23 heavy (non-hydrogen) atoms. The number of thiophene rings is 1. The maximum absolute atomic E-state index is 9.45. The Labute approximate surface area is 146 Å². The molecule has 3 nitrogen and oxygen atoms in total. The summed E-state index contributed by atoms with van der Waals surface area (Å²) < 4.78 is 6.84. The Balaban J connectivity index is 1.80. The number of aliphatic hydroxyl groups is 1. The predicted octanol–water partition coefficient (Wildman–Crippen LogP) is 5.22. The van der Waals surface area contributed by atoms with Crippen LogP contribution in [0.4, 0.5) is 0 Å². The fourth-order valence-corrected chi connectivity index (χ4v) is 4.43. The summed E-state index contributed by atoms with van der Waals surface area (Å²) in [6.45, 7) is 4.23. The van der Waals surface area contributed by atoms with Crippen molar-refractivity contribution in [3.63, 3.8) is 0 Å². The zero-order valence-electron chi connectivity index (χ0n) is 13.5. The summed E-state index contributed by atoms with van der Waals surface area (Å²) in [4.78, 5) is 5.59. The van der Waals surface area contributed by atoms with Crippen LogP contribution >= 0.6 is 22.9 Å². The first kappa shape index (κ1) is 16.7. The van der Waals surface area contributed by atoms with Gasteiger partial charge in [0, 0.05) is 0 Å². The molecule has 2 heterocycles. The van der Waals surface area contributed by atoms with Crippen LogP contribution in [0.25, 0.3) is 10.6 Å². The molecule has 0 bridgehead atoms. The van der Waals surface area contributed by atoms with Crippen molar-refractivity contribution in [1.82, 2.24) is 4.98 Å². The lowest BCUT2D eigenvalue weighted by Crippen LogP contribution is -2.24. The van der Waals surface area contributed by atoms with E-state index in [1.165, 1.54) is 24.2 Å². The number of hydrogen-bond donors (Lipinski definition) is 1. The molecule has 3 rings (SSSR count). The third kappa shape index (κ3) is 3.87. The van der Waals surface area contributed by atoms with Crippen molar-refractivity contribution in [3.8, 4) is 16.3 Å². The number of ether oxygens (including phenoxy) is 1. The van der Waals surface area contributed by atoms with Gasteiger partial charge in [-0.15, -0.1) is 11.3 Å². The van der Waals surface area contributed by atoms with E-state index < -0.39 is 0 Å². The topological polar surface area (TPSA) is 42.4 Å². The zero-order valence-corrected chi connectivity index (χ0v) is 15.1. The number of halogens is 1. The molecular weight excluding hydrogens is 330 g/mol. The van der Waals surface area contributed by atoms with Crippen molar-refractivity contribution in [3.05, 3.63) is 33.8 Å². The van der Waals surface area contributed by atoms with Crippen molar-refractivity contribution >= 4 is 22.9 Å². The zero-order chi connectivity index (χ0) is 16.4. The van der Waals surface area contributed by atoms with Crippen molar-refractivity contribution < 1.29 is 9.84 Å². The van der Waals surface area contributed by atoms with Crippen molar-refractivity contribution in [2.24, 2.45) is 5.92 Å². The van der Waals surface area contributed by atoms with E-state index in [0.29, 0.717) is 10.4 Å². The quantitative estimate of drug-likeness (QED) is 0.820. The lowest BCUT2D eigenvalue weighted by molar-refractivity contribution is 0.128. The molecule has 1 N–H and O–H groups in total. The average molecular weight is 352 g/mol. The second kappa shape index (κ2) is 7.20. The van der Waals surface area contributed by atoms with Crippen LogP contribution in [0, 0.1) is 12.8 Å². The normalized spacial score (nSPS) is 21.4. The fraction of sp³-hybridized carbons (Fsp3) is 0.500. The van der Waals surface area contributed by atoms with E-state index in [4.69, 9.17) is 16.3 Å². The van der Waals surface area contributed by atoms with E-state index in [1.807, 2.05) is 19.1 Å². The van der Waals surface area contributed by atoms with Crippen LogP contribution in [0.5, 0.6) is 5.75 Å². The van der Waals surface area contributed by atoms with E-state index in [1.54, 1.807) is 6.07 Å². The summed E-state index contributed by atoms with van der Waals surface area (Å²) in [5, 5.41) is 9.45. The SMILES string of the molecule is Cc1nc(-c2sc(Cl)cc2CO)ccc1O[C@H]1CCC[C@H](C)C1. The summed E-state index contributed by atoms with van der Waals surface area (Å²) in [5.74, 6) is 1.60. The third-order valence-corrected chi connectivity index (χ3v) is 5.73. The summed E-state index contributed by atoms with van der Waals surface area (Å²) >= 11 is 7.51. The highest BCUT2D eigenvalue weighted by atomic mass is 35.5. The van der Waals surface area contributed by atoms with Gasteiger partial charge in [0.15, 0.2) is 0 Å². The minimum atomic E-state index is -0.0303. The van der Waals surface area contributed by atoms with Gasteiger partial charge < -0.3 is 9.84 Å². The first-order valence-corrected chi connectivity index (χ1v) is 9.30. The molecule has 0 saturated heterocycles. The predicted molar refractivity (Wildman–Crippen MR) is 95.3 cm³/mol. The minimum Gasteiger partial charge on any atom is -0.489 e. The molecular formula is C18H22ClNO2S. The van der Waals surface area contributed by atoms with E-state index in [2.05, 4.69) is 11.9 Å². The number of nitrogens with zero attached hydrogens (tertiary/aromatic N) is 1. The second-order valence-corrected chi connectivity index (χ2v) is 8.04. The van der Waals surface area contributed by atoms with E-state index in [9.17, 15) is 5.11 Å². The molecule has 1 aliphatic rings. The van der Waals surface area contributed by atoms with Crippen LogP contribution in [0.15, 0.2) is 18.2 Å². The molecule has 1 aliphatic carbocycles. The van der Waals surface area contributed by atoms with Gasteiger partial charge in [-0.3, -0.25) is 0 Å². The maximum atomic E-state index is 9.45. The molecule has 124 valence electrons. The summed E-state index contributed by atoms with van der Waals surface area (Å²) in [7, 11) is 0. The standard InChI is InChI=1S/C18H22ClNO2S/c1-11-4-3-5-14(8-11)22-16-7-6-15(20-12(16)2)18-13(10-21)9-17(19)23-18/h6-7,9,11,14,21H,3-5,8,10H2,1-2H3/t11-,14-/m0/s1. The number of aromatic nitrogens is 1. The highest BCUT2D eigenvalue weighted by Gasteiger charge is 2.21. The first-order valence-electron chi connectivity index (χ1n) is 8.10. The van der Waals surface area contributed by atoms with Gasteiger partial charge in [0.05, 0.1) is 33.3 Å². The number of aryl methyl sites for hydroxylation is 1. The van der Waals surface area contributed by atoms with Crippen molar-refractivity contribution in [2.45, 2.75) is 52.2 Å². The Hall–Kier alpha value is -1.10. The van der Waals surface area contributed by atoms with Crippen LogP contribution < -0.4 is 4.74 Å². The molecule has 0 amide bonds. The second-order valence-electron chi connectivity index (χ2n) is 6.35.